The monoisotopic (exact) mass is 278 g/mol. The molecule has 0 bridgehead atoms. The molecular formula is C9H11ClN2O4S. The number of aryl methyl sites for hydroxylation is 1. The predicted octanol–water partition coefficient (Wildman–Crippen LogP) is 0.344. The highest BCUT2D eigenvalue weighted by Gasteiger charge is 2.17. The van der Waals surface area contributed by atoms with Gasteiger partial charge >= 0.3 is 0 Å². The highest BCUT2D eigenvalue weighted by molar-refractivity contribution is 7.89. The van der Waals surface area contributed by atoms with E-state index in [1.54, 1.807) is 23.9 Å². The number of primary amides is 1. The van der Waals surface area contributed by atoms with Gasteiger partial charge in [0.2, 0.25) is 5.91 Å². The number of amides is 1. The molecule has 94 valence electrons. The Hall–Kier alpha value is -1.15. The van der Waals surface area contributed by atoms with Crippen LogP contribution in [0.1, 0.15) is 5.56 Å². The summed E-state index contributed by atoms with van der Waals surface area (Å²) >= 11 is 5.70. The fourth-order valence-electron chi connectivity index (χ4n) is 1.09. The van der Waals surface area contributed by atoms with E-state index in [2.05, 4.69) is 4.84 Å². The van der Waals surface area contributed by atoms with Crippen molar-refractivity contribution in [2.45, 2.75) is 11.8 Å². The molecule has 0 aliphatic heterocycles. The van der Waals surface area contributed by atoms with Crippen molar-refractivity contribution >= 4 is 27.5 Å². The summed E-state index contributed by atoms with van der Waals surface area (Å²) in [5.41, 5.74) is 5.30. The number of hydrogen-bond donors (Lipinski definition) is 2. The SMILES string of the molecule is Cc1ccc(Cl)cc1S(=O)(=O)NOCC(N)=O. The van der Waals surface area contributed by atoms with Crippen LogP contribution in [0.4, 0.5) is 0 Å². The normalized spacial score (nSPS) is 11.4. The standard InChI is InChI=1S/C9H11ClN2O4S/c1-6-2-3-7(10)4-8(6)17(14,15)12-16-5-9(11)13/h2-4,12H,5H2,1H3,(H2,11,13). The largest absolute Gasteiger partial charge is 0.368 e. The Bertz CT molecular complexity index is 530. The Labute approximate surface area is 104 Å². The fraction of sp³-hybridized carbons (Fsp3) is 0.222. The van der Waals surface area contributed by atoms with Crippen molar-refractivity contribution in [3.8, 4) is 0 Å². The number of benzene rings is 1. The van der Waals surface area contributed by atoms with E-state index in [1.165, 1.54) is 6.07 Å². The molecule has 0 aromatic heterocycles. The van der Waals surface area contributed by atoms with E-state index in [0.717, 1.165) is 0 Å². The molecule has 1 aromatic rings. The maximum atomic E-state index is 11.7. The van der Waals surface area contributed by atoms with Crippen LogP contribution in [0, 0.1) is 6.92 Å². The van der Waals surface area contributed by atoms with E-state index in [1.807, 2.05) is 0 Å². The lowest BCUT2D eigenvalue weighted by molar-refractivity contribution is -0.123. The van der Waals surface area contributed by atoms with Crippen molar-refractivity contribution in [1.82, 2.24) is 4.89 Å². The number of nitrogens with two attached hydrogens (primary N) is 1. The Balaban J connectivity index is 2.89. The van der Waals surface area contributed by atoms with E-state index in [9.17, 15) is 13.2 Å². The summed E-state index contributed by atoms with van der Waals surface area (Å²) < 4.78 is 23.5. The van der Waals surface area contributed by atoms with Crippen molar-refractivity contribution in [3.05, 3.63) is 28.8 Å². The molecule has 6 nitrogen and oxygen atoms in total. The van der Waals surface area contributed by atoms with Crippen LogP contribution < -0.4 is 10.6 Å². The summed E-state index contributed by atoms with van der Waals surface area (Å²) in [4.78, 5) is 16.6. The van der Waals surface area contributed by atoms with Crippen LogP contribution in [0.15, 0.2) is 23.1 Å². The van der Waals surface area contributed by atoms with Gasteiger partial charge in [-0.2, -0.15) is 0 Å². The quantitative estimate of drug-likeness (QED) is 0.759. The number of nitrogens with one attached hydrogen (secondary N) is 1. The molecule has 1 aromatic carbocycles. The van der Waals surface area contributed by atoms with Crippen LogP contribution in [0.25, 0.3) is 0 Å². The van der Waals surface area contributed by atoms with Crippen molar-refractivity contribution in [3.63, 3.8) is 0 Å². The first-order chi connectivity index (χ1) is 7.83. The van der Waals surface area contributed by atoms with Crippen LogP contribution in [-0.4, -0.2) is 20.9 Å². The molecule has 0 aliphatic rings. The molecular weight excluding hydrogens is 268 g/mol. The van der Waals surface area contributed by atoms with Gasteiger partial charge in [0.15, 0.2) is 0 Å². The van der Waals surface area contributed by atoms with Crippen molar-refractivity contribution < 1.29 is 18.0 Å². The number of carbonyl (C=O) groups is 1. The first kappa shape index (κ1) is 13.9. The minimum absolute atomic E-state index is 0.0190. The van der Waals surface area contributed by atoms with E-state index in [4.69, 9.17) is 17.3 Å². The average Bonchev–Trinajstić information content (AvgIpc) is 2.20. The van der Waals surface area contributed by atoms with E-state index in [0.29, 0.717) is 5.56 Å². The summed E-state index contributed by atoms with van der Waals surface area (Å²) in [6, 6.07) is 4.41. The minimum atomic E-state index is -3.87. The van der Waals surface area contributed by atoms with Gasteiger partial charge in [-0.15, -0.1) is 0 Å². The lowest BCUT2D eigenvalue weighted by Crippen LogP contribution is -2.29. The topological polar surface area (TPSA) is 98.5 Å². The summed E-state index contributed by atoms with van der Waals surface area (Å²) in [6.45, 7) is 1.07. The van der Waals surface area contributed by atoms with Gasteiger partial charge in [-0.3, -0.25) is 9.63 Å². The molecule has 0 radical (unpaired) electrons. The highest BCUT2D eigenvalue weighted by Crippen LogP contribution is 2.19. The Morgan fingerprint density at radius 1 is 1.53 bits per heavy atom. The number of hydrogen-bond acceptors (Lipinski definition) is 4. The van der Waals surface area contributed by atoms with E-state index < -0.39 is 22.5 Å². The van der Waals surface area contributed by atoms with Crippen LogP contribution in [0.3, 0.4) is 0 Å². The summed E-state index contributed by atoms with van der Waals surface area (Å²) in [6.07, 6.45) is 0. The summed E-state index contributed by atoms with van der Waals surface area (Å²) in [5.74, 6) is -0.782. The van der Waals surface area contributed by atoms with Crippen molar-refractivity contribution in [2.75, 3.05) is 6.61 Å². The molecule has 0 heterocycles. The Morgan fingerprint density at radius 3 is 2.76 bits per heavy atom. The molecule has 0 saturated heterocycles. The van der Waals surface area contributed by atoms with Gasteiger partial charge in [0.25, 0.3) is 10.0 Å². The van der Waals surface area contributed by atoms with Crippen LogP contribution >= 0.6 is 11.6 Å². The second kappa shape index (κ2) is 5.46. The average molecular weight is 279 g/mol. The molecule has 8 heteroatoms. The smallest absolute Gasteiger partial charge is 0.262 e. The van der Waals surface area contributed by atoms with E-state index in [-0.39, 0.29) is 9.92 Å². The number of carbonyl (C=O) groups excluding carboxylic acids is 1. The zero-order valence-corrected chi connectivity index (χ0v) is 10.5. The van der Waals surface area contributed by atoms with Gasteiger partial charge in [-0.1, -0.05) is 22.6 Å². The molecule has 0 fully saturated rings. The molecule has 0 saturated carbocycles. The lowest BCUT2D eigenvalue weighted by Gasteiger charge is -2.08. The van der Waals surface area contributed by atoms with Gasteiger partial charge in [0.1, 0.15) is 6.61 Å². The third-order valence-electron chi connectivity index (χ3n) is 1.82. The Morgan fingerprint density at radius 2 is 2.18 bits per heavy atom. The molecule has 0 atom stereocenters. The number of halogens is 1. The van der Waals surface area contributed by atoms with Crippen LogP contribution in [0.2, 0.25) is 5.02 Å². The van der Waals surface area contributed by atoms with Gasteiger partial charge in [0, 0.05) is 5.02 Å². The van der Waals surface area contributed by atoms with Gasteiger partial charge in [-0.25, -0.2) is 8.42 Å². The summed E-state index contributed by atoms with van der Waals surface area (Å²) in [5, 5.41) is 0.283. The second-order valence-corrected chi connectivity index (χ2v) is 5.30. The third-order valence-corrected chi connectivity index (χ3v) is 3.41. The zero-order valence-electron chi connectivity index (χ0n) is 8.94. The van der Waals surface area contributed by atoms with Crippen LogP contribution in [-0.2, 0) is 19.7 Å². The van der Waals surface area contributed by atoms with Gasteiger partial charge in [0.05, 0.1) is 4.90 Å². The third kappa shape index (κ3) is 3.97. The number of sulfonamides is 1. The second-order valence-electron chi connectivity index (χ2n) is 3.25. The first-order valence-corrected chi connectivity index (χ1v) is 6.37. The molecule has 3 N–H and O–H groups in total. The Kier molecular flexibility index (Phi) is 4.47. The number of rotatable bonds is 5. The lowest BCUT2D eigenvalue weighted by atomic mass is 10.2. The van der Waals surface area contributed by atoms with Gasteiger partial charge in [-0.05, 0) is 24.6 Å². The predicted molar refractivity (Wildman–Crippen MR) is 61.7 cm³/mol. The first-order valence-electron chi connectivity index (χ1n) is 4.51. The molecule has 0 unspecified atom stereocenters. The highest BCUT2D eigenvalue weighted by atomic mass is 35.5. The minimum Gasteiger partial charge on any atom is -0.368 e. The van der Waals surface area contributed by atoms with E-state index >= 15 is 0 Å². The maximum Gasteiger partial charge on any atom is 0.262 e. The fourth-order valence-corrected chi connectivity index (χ4v) is 2.40. The van der Waals surface area contributed by atoms with Crippen LogP contribution in [0.5, 0.6) is 0 Å². The molecule has 0 aliphatic carbocycles. The zero-order chi connectivity index (χ0) is 13.1. The molecule has 0 spiro atoms. The summed E-state index contributed by atoms with van der Waals surface area (Å²) in [7, 11) is -3.87. The molecule has 1 rings (SSSR count). The van der Waals surface area contributed by atoms with Crippen molar-refractivity contribution in [1.29, 1.82) is 0 Å². The molecule has 17 heavy (non-hydrogen) atoms. The van der Waals surface area contributed by atoms with Gasteiger partial charge < -0.3 is 5.73 Å². The maximum absolute atomic E-state index is 11.7. The van der Waals surface area contributed by atoms with Crippen molar-refractivity contribution in [2.24, 2.45) is 5.73 Å². The molecule has 1 amide bonds.